The van der Waals surface area contributed by atoms with E-state index >= 15 is 0 Å². The lowest BCUT2D eigenvalue weighted by atomic mass is 9.95. The molecule has 1 aliphatic rings. The van der Waals surface area contributed by atoms with Crippen molar-refractivity contribution in [1.82, 2.24) is 10.2 Å². The molecule has 1 atom stereocenters. The first-order chi connectivity index (χ1) is 7.11. The van der Waals surface area contributed by atoms with Crippen LogP contribution in [0.2, 0.25) is 0 Å². The molecule has 0 aromatic heterocycles. The van der Waals surface area contributed by atoms with Crippen LogP contribution in [0.25, 0.3) is 0 Å². The van der Waals surface area contributed by atoms with E-state index in [-0.39, 0.29) is 18.2 Å². The Balaban J connectivity index is 2.46. The van der Waals surface area contributed by atoms with Crippen LogP contribution in [0.1, 0.15) is 39.5 Å². The first-order valence-corrected chi connectivity index (χ1v) is 5.79. The predicted octanol–water partition coefficient (Wildman–Crippen LogP) is 1.34. The van der Waals surface area contributed by atoms with E-state index in [1.54, 1.807) is 0 Å². The van der Waals surface area contributed by atoms with Gasteiger partial charge in [0, 0.05) is 25.2 Å². The van der Waals surface area contributed by atoms with Crippen LogP contribution < -0.4 is 5.32 Å². The number of hydrogen-bond donors (Lipinski definition) is 2. The van der Waals surface area contributed by atoms with Gasteiger partial charge in [0.25, 0.3) is 0 Å². The largest absolute Gasteiger partial charge is 0.396 e. The zero-order valence-electron chi connectivity index (χ0n) is 9.75. The zero-order valence-corrected chi connectivity index (χ0v) is 9.75. The van der Waals surface area contributed by atoms with Gasteiger partial charge in [0.2, 0.25) is 0 Å². The van der Waals surface area contributed by atoms with Crippen molar-refractivity contribution in [3.8, 4) is 0 Å². The first kappa shape index (κ1) is 12.3. The number of hydrogen-bond acceptors (Lipinski definition) is 2. The maximum atomic E-state index is 11.8. The highest BCUT2D eigenvalue weighted by atomic mass is 16.3. The number of carbonyl (C=O) groups excluding carboxylic acids is 1. The topological polar surface area (TPSA) is 52.6 Å². The summed E-state index contributed by atoms with van der Waals surface area (Å²) < 4.78 is 0. The second kappa shape index (κ2) is 5.35. The molecule has 1 heterocycles. The lowest BCUT2D eigenvalue weighted by molar-refractivity contribution is 0.178. The van der Waals surface area contributed by atoms with Crippen molar-refractivity contribution in [3.05, 3.63) is 0 Å². The quantitative estimate of drug-likeness (QED) is 0.742. The molecule has 2 amide bonds. The summed E-state index contributed by atoms with van der Waals surface area (Å²) in [7, 11) is 0. The number of carbonyl (C=O) groups is 1. The molecule has 0 spiro atoms. The van der Waals surface area contributed by atoms with E-state index in [4.69, 9.17) is 5.11 Å². The summed E-state index contributed by atoms with van der Waals surface area (Å²) in [5, 5.41) is 12.0. The Morgan fingerprint density at radius 3 is 2.53 bits per heavy atom. The summed E-state index contributed by atoms with van der Waals surface area (Å²) in [6.45, 7) is 5.86. The number of likely N-dealkylation sites (tertiary alicyclic amines) is 1. The number of rotatable bonds is 4. The smallest absolute Gasteiger partial charge is 0.317 e. The van der Waals surface area contributed by atoms with Crippen LogP contribution in [0, 0.1) is 0 Å². The van der Waals surface area contributed by atoms with Gasteiger partial charge in [0.1, 0.15) is 0 Å². The van der Waals surface area contributed by atoms with Gasteiger partial charge in [-0.25, -0.2) is 4.79 Å². The molecule has 0 radical (unpaired) electrons. The molecular formula is C11H22N2O2. The third kappa shape index (κ3) is 3.38. The number of urea groups is 1. The fourth-order valence-corrected chi connectivity index (χ4v) is 1.83. The number of amides is 2. The molecule has 1 unspecified atom stereocenters. The van der Waals surface area contributed by atoms with Gasteiger partial charge in [-0.15, -0.1) is 0 Å². The van der Waals surface area contributed by atoms with E-state index < -0.39 is 0 Å². The van der Waals surface area contributed by atoms with E-state index in [1.165, 1.54) is 0 Å². The van der Waals surface area contributed by atoms with E-state index in [2.05, 4.69) is 5.32 Å². The van der Waals surface area contributed by atoms with Crippen LogP contribution in [-0.2, 0) is 0 Å². The molecule has 0 aromatic rings. The van der Waals surface area contributed by atoms with Crippen LogP contribution in [0.15, 0.2) is 0 Å². The number of nitrogens with zero attached hydrogens (tertiary/aromatic N) is 1. The summed E-state index contributed by atoms with van der Waals surface area (Å²) in [5.41, 5.74) is -0.269. The van der Waals surface area contributed by atoms with Gasteiger partial charge >= 0.3 is 6.03 Å². The number of aliphatic hydroxyl groups excluding tert-OH is 1. The number of aliphatic hydroxyl groups is 1. The van der Waals surface area contributed by atoms with Crippen LogP contribution in [-0.4, -0.2) is 41.3 Å². The lowest BCUT2D eigenvalue weighted by Gasteiger charge is -2.31. The summed E-state index contributed by atoms with van der Waals surface area (Å²) in [6, 6.07) is 0.0188. The molecule has 2 N–H and O–H groups in total. The summed E-state index contributed by atoms with van der Waals surface area (Å²) >= 11 is 0. The SMILES string of the molecule is CCC(C)(CCO)NC(=O)N1CCCC1. The Kier molecular flexibility index (Phi) is 4.39. The molecule has 0 aliphatic carbocycles. The second-order valence-electron chi connectivity index (χ2n) is 4.51. The Morgan fingerprint density at radius 1 is 1.47 bits per heavy atom. The van der Waals surface area contributed by atoms with E-state index in [0.29, 0.717) is 6.42 Å². The minimum absolute atomic E-state index is 0.0188. The molecule has 15 heavy (non-hydrogen) atoms. The Bertz CT molecular complexity index is 215. The van der Waals surface area contributed by atoms with Crippen molar-refractivity contribution < 1.29 is 9.90 Å². The predicted molar refractivity (Wildman–Crippen MR) is 59.7 cm³/mol. The van der Waals surface area contributed by atoms with E-state index in [9.17, 15) is 4.79 Å². The first-order valence-electron chi connectivity index (χ1n) is 5.79. The normalized spacial score (nSPS) is 20.1. The average molecular weight is 214 g/mol. The average Bonchev–Trinajstić information content (AvgIpc) is 2.71. The molecule has 1 saturated heterocycles. The monoisotopic (exact) mass is 214 g/mol. The Labute approximate surface area is 91.6 Å². The van der Waals surface area contributed by atoms with E-state index in [0.717, 1.165) is 32.4 Å². The third-order valence-corrected chi connectivity index (χ3v) is 3.25. The lowest BCUT2D eigenvalue weighted by Crippen LogP contribution is -2.51. The molecule has 1 fully saturated rings. The molecule has 88 valence electrons. The fourth-order valence-electron chi connectivity index (χ4n) is 1.83. The zero-order chi connectivity index (χ0) is 11.3. The molecule has 0 saturated carbocycles. The molecule has 0 bridgehead atoms. The van der Waals surface area contributed by atoms with Gasteiger partial charge in [-0.3, -0.25) is 0 Å². The minimum Gasteiger partial charge on any atom is -0.396 e. The molecule has 1 aliphatic heterocycles. The molecule has 0 aromatic carbocycles. The van der Waals surface area contributed by atoms with Crippen LogP contribution >= 0.6 is 0 Å². The maximum absolute atomic E-state index is 11.8. The van der Waals surface area contributed by atoms with Crippen molar-refractivity contribution in [2.24, 2.45) is 0 Å². The molecular weight excluding hydrogens is 192 g/mol. The van der Waals surface area contributed by atoms with Gasteiger partial charge in [-0.1, -0.05) is 6.92 Å². The van der Waals surface area contributed by atoms with Crippen molar-refractivity contribution >= 4 is 6.03 Å². The maximum Gasteiger partial charge on any atom is 0.317 e. The summed E-state index contributed by atoms with van der Waals surface area (Å²) in [4.78, 5) is 13.7. The standard InChI is InChI=1S/C11H22N2O2/c1-3-11(2,6-9-14)12-10(15)13-7-4-5-8-13/h14H,3-9H2,1-2H3,(H,12,15). The number of nitrogens with one attached hydrogen (secondary N) is 1. The van der Waals surface area contributed by atoms with Crippen LogP contribution in [0.4, 0.5) is 4.79 Å². The Morgan fingerprint density at radius 2 is 2.07 bits per heavy atom. The fraction of sp³-hybridized carbons (Fsp3) is 0.909. The van der Waals surface area contributed by atoms with Crippen LogP contribution in [0.5, 0.6) is 0 Å². The van der Waals surface area contributed by atoms with Crippen LogP contribution in [0.3, 0.4) is 0 Å². The highest BCUT2D eigenvalue weighted by molar-refractivity contribution is 5.75. The highest BCUT2D eigenvalue weighted by Gasteiger charge is 2.27. The highest BCUT2D eigenvalue weighted by Crippen LogP contribution is 2.15. The van der Waals surface area contributed by atoms with E-state index in [1.807, 2.05) is 18.7 Å². The molecule has 4 nitrogen and oxygen atoms in total. The van der Waals surface area contributed by atoms with Crippen molar-refractivity contribution in [2.75, 3.05) is 19.7 Å². The second-order valence-corrected chi connectivity index (χ2v) is 4.51. The van der Waals surface area contributed by atoms with Gasteiger partial charge in [-0.05, 0) is 32.6 Å². The van der Waals surface area contributed by atoms with Crippen molar-refractivity contribution in [1.29, 1.82) is 0 Å². The summed E-state index contributed by atoms with van der Waals surface area (Å²) in [5.74, 6) is 0. The van der Waals surface area contributed by atoms with Gasteiger partial charge < -0.3 is 15.3 Å². The molecule has 1 rings (SSSR count). The minimum atomic E-state index is -0.269. The summed E-state index contributed by atoms with van der Waals surface area (Å²) in [6.07, 6.45) is 3.67. The van der Waals surface area contributed by atoms with Crippen molar-refractivity contribution in [2.45, 2.75) is 45.1 Å². The van der Waals surface area contributed by atoms with Gasteiger partial charge in [0.05, 0.1) is 0 Å². The third-order valence-electron chi connectivity index (χ3n) is 3.25. The molecule has 4 heteroatoms. The van der Waals surface area contributed by atoms with Gasteiger partial charge in [-0.2, -0.15) is 0 Å². The van der Waals surface area contributed by atoms with Crippen molar-refractivity contribution in [3.63, 3.8) is 0 Å². The Hall–Kier alpha value is -0.770. The van der Waals surface area contributed by atoms with Gasteiger partial charge in [0.15, 0.2) is 0 Å².